The lowest BCUT2D eigenvalue weighted by atomic mass is 10.0. The number of rotatable bonds is 5. The standard InChI is InChI=1S/C14H26N2O/c1-10(2)8-9-16(11-6-7-11)14(17)12-4-3-5-13(12)15/h10-13H,3-9,15H2,1-2H3. The molecule has 0 heterocycles. The lowest BCUT2D eigenvalue weighted by Gasteiger charge is -2.28. The SMILES string of the molecule is CC(C)CCN(C(=O)C1CCCC1N)C1CC1. The Morgan fingerprint density at radius 3 is 2.47 bits per heavy atom. The molecule has 98 valence electrons. The second kappa shape index (κ2) is 5.38. The van der Waals surface area contributed by atoms with E-state index in [0.717, 1.165) is 32.2 Å². The third-order valence-corrected chi connectivity index (χ3v) is 4.10. The highest BCUT2D eigenvalue weighted by Gasteiger charge is 2.39. The summed E-state index contributed by atoms with van der Waals surface area (Å²) in [5.74, 6) is 1.13. The van der Waals surface area contributed by atoms with Gasteiger partial charge in [-0.1, -0.05) is 20.3 Å². The summed E-state index contributed by atoms with van der Waals surface area (Å²) in [6.45, 7) is 5.37. The zero-order valence-electron chi connectivity index (χ0n) is 11.2. The third-order valence-electron chi connectivity index (χ3n) is 4.10. The highest BCUT2D eigenvalue weighted by atomic mass is 16.2. The number of hydrogen-bond donors (Lipinski definition) is 1. The van der Waals surface area contributed by atoms with Gasteiger partial charge in [-0.05, 0) is 38.0 Å². The molecule has 2 saturated carbocycles. The minimum Gasteiger partial charge on any atom is -0.339 e. The number of nitrogens with two attached hydrogens (primary N) is 1. The van der Waals surface area contributed by atoms with Gasteiger partial charge in [0.2, 0.25) is 5.91 Å². The largest absolute Gasteiger partial charge is 0.339 e. The van der Waals surface area contributed by atoms with Crippen LogP contribution >= 0.6 is 0 Å². The maximum atomic E-state index is 12.5. The fraction of sp³-hybridized carbons (Fsp3) is 0.929. The molecular weight excluding hydrogens is 212 g/mol. The highest BCUT2D eigenvalue weighted by Crippen LogP contribution is 2.32. The van der Waals surface area contributed by atoms with Crippen molar-refractivity contribution in [1.29, 1.82) is 0 Å². The summed E-state index contributed by atoms with van der Waals surface area (Å²) in [5.41, 5.74) is 6.05. The minimum absolute atomic E-state index is 0.114. The van der Waals surface area contributed by atoms with Crippen molar-refractivity contribution < 1.29 is 4.79 Å². The van der Waals surface area contributed by atoms with E-state index in [-0.39, 0.29) is 12.0 Å². The van der Waals surface area contributed by atoms with Gasteiger partial charge < -0.3 is 10.6 Å². The van der Waals surface area contributed by atoms with Gasteiger partial charge in [0, 0.05) is 18.6 Å². The first-order valence-electron chi connectivity index (χ1n) is 7.15. The van der Waals surface area contributed by atoms with Crippen LogP contribution in [-0.2, 0) is 4.79 Å². The summed E-state index contributed by atoms with van der Waals surface area (Å²) >= 11 is 0. The van der Waals surface area contributed by atoms with Gasteiger partial charge in [0.1, 0.15) is 0 Å². The van der Waals surface area contributed by atoms with Gasteiger partial charge in [-0.2, -0.15) is 0 Å². The Labute approximate surface area is 105 Å². The first-order valence-corrected chi connectivity index (χ1v) is 7.15. The molecule has 2 unspecified atom stereocenters. The Morgan fingerprint density at radius 2 is 2.00 bits per heavy atom. The number of amides is 1. The van der Waals surface area contributed by atoms with E-state index >= 15 is 0 Å². The molecule has 3 heteroatoms. The lowest BCUT2D eigenvalue weighted by Crippen LogP contribution is -2.43. The summed E-state index contributed by atoms with van der Waals surface area (Å²) in [4.78, 5) is 14.6. The lowest BCUT2D eigenvalue weighted by molar-refractivity contribution is -0.136. The average molecular weight is 238 g/mol. The van der Waals surface area contributed by atoms with Crippen LogP contribution in [0.5, 0.6) is 0 Å². The molecule has 0 aliphatic heterocycles. The molecular formula is C14H26N2O. The van der Waals surface area contributed by atoms with Crippen LogP contribution in [0.3, 0.4) is 0 Å². The van der Waals surface area contributed by atoms with E-state index < -0.39 is 0 Å². The maximum absolute atomic E-state index is 12.5. The van der Waals surface area contributed by atoms with Crippen LogP contribution in [0.25, 0.3) is 0 Å². The van der Waals surface area contributed by atoms with E-state index in [0.29, 0.717) is 17.9 Å². The topological polar surface area (TPSA) is 46.3 Å². The number of carbonyl (C=O) groups is 1. The second-order valence-corrected chi connectivity index (χ2v) is 6.15. The summed E-state index contributed by atoms with van der Waals surface area (Å²) in [7, 11) is 0. The van der Waals surface area contributed by atoms with Gasteiger partial charge in [-0.3, -0.25) is 4.79 Å². The first-order chi connectivity index (χ1) is 8.09. The first kappa shape index (κ1) is 12.9. The van der Waals surface area contributed by atoms with Crippen LogP contribution in [0, 0.1) is 11.8 Å². The monoisotopic (exact) mass is 238 g/mol. The van der Waals surface area contributed by atoms with E-state index in [2.05, 4.69) is 18.7 Å². The predicted octanol–water partition coefficient (Wildman–Crippen LogP) is 2.15. The van der Waals surface area contributed by atoms with Crippen LogP contribution in [0.2, 0.25) is 0 Å². The Kier molecular flexibility index (Phi) is 4.08. The molecule has 2 rings (SSSR count). The molecule has 1 amide bonds. The summed E-state index contributed by atoms with van der Waals surface area (Å²) in [6.07, 6.45) is 6.67. The van der Waals surface area contributed by atoms with Gasteiger partial charge in [0.15, 0.2) is 0 Å². The molecule has 0 bridgehead atoms. The van der Waals surface area contributed by atoms with Crippen LogP contribution in [0.1, 0.15) is 52.4 Å². The van der Waals surface area contributed by atoms with Crippen molar-refractivity contribution in [2.24, 2.45) is 17.6 Å². The Hall–Kier alpha value is -0.570. The summed E-state index contributed by atoms with van der Waals surface area (Å²) in [6, 6.07) is 0.650. The number of hydrogen-bond acceptors (Lipinski definition) is 2. The van der Waals surface area contributed by atoms with Crippen LogP contribution in [0.15, 0.2) is 0 Å². The molecule has 0 radical (unpaired) electrons. The number of carbonyl (C=O) groups excluding carboxylic acids is 1. The Bertz CT molecular complexity index is 273. The van der Waals surface area contributed by atoms with Crippen molar-refractivity contribution in [2.45, 2.75) is 64.5 Å². The molecule has 0 spiro atoms. The number of nitrogens with zero attached hydrogens (tertiary/aromatic N) is 1. The van der Waals surface area contributed by atoms with Crippen molar-refractivity contribution in [3.63, 3.8) is 0 Å². The summed E-state index contributed by atoms with van der Waals surface area (Å²) < 4.78 is 0. The van der Waals surface area contributed by atoms with Gasteiger partial charge in [0.25, 0.3) is 0 Å². The second-order valence-electron chi connectivity index (χ2n) is 6.15. The Morgan fingerprint density at radius 1 is 1.29 bits per heavy atom. The zero-order valence-corrected chi connectivity index (χ0v) is 11.2. The molecule has 2 atom stereocenters. The molecule has 0 aromatic rings. The molecule has 2 N–H and O–H groups in total. The van der Waals surface area contributed by atoms with E-state index in [1.807, 2.05) is 0 Å². The fourth-order valence-electron chi connectivity index (χ4n) is 2.76. The van der Waals surface area contributed by atoms with Crippen molar-refractivity contribution >= 4 is 5.91 Å². The molecule has 2 fully saturated rings. The van der Waals surface area contributed by atoms with Gasteiger partial charge in [0.05, 0.1) is 5.92 Å². The summed E-state index contributed by atoms with van der Waals surface area (Å²) in [5, 5.41) is 0. The average Bonchev–Trinajstić information content (AvgIpc) is 3.00. The molecule has 0 saturated heterocycles. The normalized spacial score (nSPS) is 28.7. The molecule has 3 nitrogen and oxygen atoms in total. The smallest absolute Gasteiger partial charge is 0.227 e. The molecule has 17 heavy (non-hydrogen) atoms. The quantitative estimate of drug-likeness (QED) is 0.797. The molecule has 0 aromatic carbocycles. The van der Waals surface area contributed by atoms with Crippen LogP contribution in [-0.4, -0.2) is 29.4 Å². The minimum atomic E-state index is 0.114. The van der Waals surface area contributed by atoms with Gasteiger partial charge >= 0.3 is 0 Å². The van der Waals surface area contributed by atoms with E-state index in [1.165, 1.54) is 12.8 Å². The fourth-order valence-corrected chi connectivity index (χ4v) is 2.76. The molecule has 0 aromatic heterocycles. The molecule has 2 aliphatic carbocycles. The van der Waals surface area contributed by atoms with Crippen molar-refractivity contribution in [2.75, 3.05) is 6.54 Å². The van der Waals surface area contributed by atoms with Crippen molar-refractivity contribution in [1.82, 2.24) is 4.90 Å². The van der Waals surface area contributed by atoms with Crippen molar-refractivity contribution in [3.8, 4) is 0 Å². The van der Waals surface area contributed by atoms with Crippen LogP contribution < -0.4 is 5.73 Å². The Balaban J connectivity index is 1.92. The zero-order chi connectivity index (χ0) is 12.4. The van der Waals surface area contributed by atoms with Gasteiger partial charge in [-0.25, -0.2) is 0 Å². The molecule has 2 aliphatic rings. The van der Waals surface area contributed by atoms with Crippen molar-refractivity contribution in [3.05, 3.63) is 0 Å². The third kappa shape index (κ3) is 3.21. The highest BCUT2D eigenvalue weighted by molar-refractivity contribution is 5.80. The van der Waals surface area contributed by atoms with E-state index in [1.54, 1.807) is 0 Å². The predicted molar refractivity (Wildman–Crippen MR) is 69.5 cm³/mol. The van der Waals surface area contributed by atoms with Crippen LogP contribution in [0.4, 0.5) is 0 Å². The van der Waals surface area contributed by atoms with E-state index in [9.17, 15) is 4.79 Å². The van der Waals surface area contributed by atoms with E-state index in [4.69, 9.17) is 5.73 Å². The van der Waals surface area contributed by atoms with Gasteiger partial charge in [-0.15, -0.1) is 0 Å². The maximum Gasteiger partial charge on any atom is 0.227 e.